The van der Waals surface area contributed by atoms with Gasteiger partial charge in [-0.15, -0.1) is 0 Å². The summed E-state index contributed by atoms with van der Waals surface area (Å²) < 4.78 is 1.81. The van der Waals surface area contributed by atoms with Gasteiger partial charge >= 0.3 is 0 Å². The number of amides is 2. The summed E-state index contributed by atoms with van der Waals surface area (Å²) in [4.78, 5) is 24.5. The topological polar surface area (TPSA) is 76.0 Å². The number of hydrogen-bond acceptors (Lipinski definition) is 3. The van der Waals surface area contributed by atoms with Crippen molar-refractivity contribution in [1.29, 1.82) is 0 Å². The molecule has 3 aromatic rings. The molecule has 0 aliphatic rings. The molecule has 2 amide bonds. The highest BCUT2D eigenvalue weighted by atomic mass is 35.5. The number of anilines is 1. The first kappa shape index (κ1) is 21.6. The molecule has 1 aromatic heterocycles. The van der Waals surface area contributed by atoms with Crippen molar-refractivity contribution in [2.24, 2.45) is 0 Å². The summed E-state index contributed by atoms with van der Waals surface area (Å²) in [7, 11) is 0. The van der Waals surface area contributed by atoms with Crippen molar-refractivity contribution in [3.63, 3.8) is 0 Å². The van der Waals surface area contributed by atoms with Gasteiger partial charge in [-0.25, -0.2) is 4.68 Å². The number of hydrogen-bond donors (Lipinski definition) is 2. The summed E-state index contributed by atoms with van der Waals surface area (Å²) >= 11 is 5.96. The van der Waals surface area contributed by atoms with E-state index in [2.05, 4.69) is 15.7 Å². The first-order chi connectivity index (χ1) is 14.2. The van der Waals surface area contributed by atoms with Crippen LogP contribution in [0.1, 0.15) is 41.9 Å². The maximum atomic E-state index is 12.8. The second kappa shape index (κ2) is 9.13. The van der Waals surface area contributed by atoms with Crippen molar-refractivity contribution < 1.29 is 9.59 Å². The van der Waals surface area contributed by atoms with E-state index in [1.54, 1.807) is 12.1 Å². The monoisotopic (exact) mass is 424 g/mol. The number of nitrogens with one attached hydrogen (secondary N) is 2. The smallest absolute Gasteiger partial charge is 0.226 e. The lowest BCUT2D eigenvalue weighted by Crippen LogP contribution is -2.29. The normalized spacial score (nSPS) is 11.8. The minimum Gasteiger partial charge on any atom is -0.349 e. The SMILES string of the molecule is CC(=O)N[C@@H](CC(=O)Nc1c(C)nn(-c2ccc(C)cc2)c1C)c1ccc(Cl)cc1. The predicted octanol–water partition coefficient (Wildman–Crippen LogP) is 4.66. The third-order valence-corrected chi connectivity index (χ3v) is 5.13. The molecule has 0 saturated carbocycles. The van der Waals surface area contributed by atoms with Gasteiger partial charge in [0.25, 0.3) is 0 Å². The number of nitrogens with zero attached hydrogens (tertiary/aromatic N) is 2. The van der Waals surface area contributed by atoms with E-state index < -0.39 is 6.04 Å². The number of halogens is 1. The summed E-state index contributed by atoms with van der Waals surface area (Å²) in [5.74, 6) is -0.416. The van der Waals surface area contributed by atoms with Crippen LogP contribution in [-0.2, 0) is 9.59 Å². The maximum Gasteiger partial charge on any atom is 0.226 e. The van der Waals surface area contributed by atoms with E-state index in [4.69, 9.17) is 11.6 Å². The fourth-order valence-corrected chi connectivity index (χ4v) is 3.46. The minimum absolute atomic E-state index is 0.0931. The lowest BCUT2D eigenvalue weighted by atomic mass is 10.0. The van der Waals surface area contributed by atoms with Gasteiger partial charge in [0, 0.05) is 11.9 Å². The second-order valence-electron chi connectivity index (χ2n) is 7.35. The van der Waals surface area contributed by atoms with Crippen LogP contribution >= 0.6 is 11.6 Å². The molecule has 156 valence electrons. The number of aromatic nitrogens is 2. The third-order valence-electron chi connectivity index (χ3n) is 4.87. The molecule has 0 aliphatic heterocycles. The largest absolute Gasteiger partial charge is 0.349 e. The zero-order valence-corrected chi connectivity index (χ0v) is 18.2. The molecule has 2 N–H and O–H groups in total. The van der Waals surface area contributed by atoms with Crippen LogP contribution in [0.2, 0.25) is 5.02 Å². The van der Waals surface area contributed by atoms with Crippen molar-refractivity contribution in [3.05, 3.63) is 76.1 Å². The first-order valence-corrected chi connectivity index (χ1v) is 10.1. The number of carbonyl (C=O) groups excluding carboxylic acids is 2. The molecule has 0 radical (unpaired) electrons. The molecular weight excluding hydrogens is 400 g/mol. The molecule has 1 atom stereocenters. The van der Waals surface area contributed by atoms with Gasteiger partial charge in [0.2, 0.25) is 11.8 Å². The van der Waals surface area contributed by atoms with Crippen molar-refractivity contribution in [2.45, 2.75) is 40.2 Å². The Kier molecular flexibility index (Phi) is 6.57. The lowest BCUT2D eigenvalue weighted by Gasteiger charge is -2.18. The average molecular weight is 425 g/mol. The Morgan fingerprint density at radius 2 is 1.67 bits per heavy atom. The van der Waals surface area contributed by atoms with Crippen molar-refractivity contribution in [1.82, 2.24) is 15.1 Å². The van der Waals surface area contributed by atoms with Crippen molar-refractivity contribution >= 4 is 29.1 Å². The van der Waals surface area contributed by atoms with E-state index in [1.807, 2.05) is 61.9 Å². The Balaban J connectivity index is 1.79. The predicted molar refractivity (Wildman–Crippen MR) is 119 cm³/mol. The Morgan fingerprint density at radius 3 is 2.27 bits per heavy atom. The van der Waals surface area contributed by atoms with Gasteiger partial charge in [0.15, 0.2) is 0 Å². The maximum absolute atomic E-state index is 12.8. The third kappa shape index (κ3) is 5.07. The van der Waals surface area contributed by atoms with Crippen LogP contribution in [0.4, 0.5) is 5.69 Å². The quantitative estimate of drug-likeness (QED) is 0.604. The van der Waals surface area contributed by atoms with Crippen molar-refractivity contribution in [2.75, 3.05) is 5.32 Å². The Morgan fingerprint density at radius 1 is 1.03 bits per heavy atom. The van der Waals surface area contributed by atoms with Crippen LogP contribution in [0, 0.1) is 20.8 Å². The van der Waals surface area contributed by atoms with Crippen LogP contribution in [0.5, 0.6) is 0 Å². The van der Waals surface area contributed by atoms with E-state index in [-0.39, 0.29) is 18.2 Å². The zero-order valence-electron chi connectivity index (χ0n) is 17.5. The molecule has 0 aliphatic carbocycles. The van der Waals surface area contributed by atoms with Gasteiger partial charge < -0.3 is 10.6 Å². The highest BCUT2D eigenvalue weighted by Crippen LogP contribution is 2.25. The van der Waals surface area contributed by atoms with Gasteiger partial charge in [-0.2, -0.15) is 5.10 Å². The summed E-state index contributed by atoms with van der Waals surface area (Å²) in [6.07, 6.45) is 0.0931. The molecule has 0 bridgehead atoms. The summed E-state index contributed by atoms with van der Waals surface area (Å²) in [6.45, 7) is 7.24. The number of carbonyl (C=O) groups is 2. The molecule has 1 heterocycles. The molecule has 7 heteroatoms. The fraction of sp³-hybridized carbons (Fsp3) is 0.261. The zero-order chi connectivity index (χ0) is 21.8. The Bertz CT molecular complexity index is 1060. The molecule has 3 rings (SSSR count). The molecule has 6 nitrogen and oxygen atoms in total. The molecule has 0 spiro atoms. The minimum atomic E-state index is -0.451. The average Bonchev–Trinajstić information content (AvgIpc) is 2.96. The standard InChI is InChI=1S/C23H25ClN4O2/c1-14-5-11-20(12-6-14)28-16(3)23(15(2)27-28)26-22(30)13-21(25-17(4)29)18-7-9-19(24)10-8-18/h5-12,21H,13H2,1-4H3,(H,25,29)(H,26,30)/t21-/m0/s1. The van der Waals surface area contributed by atoms with Gasteiger partial charge in [0.1, 0.15) is 0 Å². The van der Waals surface area contributed by atoms with Crippen LogP contribution < -0.4 is 10.6 Å². The van der Waals surface area contributed by atoms with Crippen LogP contribution in [-0.4, -0.2) is 21.6 Å². The molecule has 0 fully saturated rings. The Labute approximate surface area is 181 Å². The number of aryl methyl sites for hydroxylation is 2. The van der Waals surface area contributed by atoms with Crippen LogP contribution in [0.25, 0.3) is 5.69 Å². The molecule has 0 saturated heterocycles. The van der Waals surface area contributed by atoms with E-state index in [0.29, 0.717) is 10.7 Å². The summed E-state index contributed by atoms with van der Waals surface area (Å²) in [5.41, 5.74) is 5.15. The van der Waals surface area contributed by atoms with E-state index >= 15 is 0 Å². The van der Waals surface area contributed by atoms with E-state index in [9.17, 15) is 9.59 Å². The van der Waals surface area contributed by atoms with Crippen molar-refractivity contribution in [3.8, 4) is 5.69 Å². The fourth-order valence-electron chi connectivity index (χ4n) is 3.33. The second-order valence-corrected chi connectivity index (χ2v) is 7.79. The molecular formula is C23H25ClN4O2. The highest BCUT2D eigenvalue weighted by molar-refractivity contribution is 6.30. The lowest BCUT2D eigenvalue weighted by molar-refractivity contribution is -0.120. The highest BCUT2D eigenvalue weighted by Gasteiger charge is 2.20. The Hall–Kier alpha value is -3.12. The van der Waals surface area contributed by atoms with Crippen LogP contribution in [0.3, 0.4) is 0 Å². The van der Waals surface area contributed by atoms with Gasteiger partial charge in [-0.3, -0.25) is 9.59 Å². The number of rotatable bonds is 6. The van der Waals surface area contributed by atoms with Crippen LogP contribution in [0.15, 0.2) is 48.5 Å². The first-order valence-electron chi connectivity index (χ1n) is 9.70. The summed E-state index contributed by atoms with van der Waals surface area (Å²) in [5, 5.41) is 11.0. The number of benzene rings is 2. The van der Waals surface area contributed by atoms with Gasteiger partial charge in [-0.1, -0.05) is 41.4 Å². The van der Waals surface area contributed by atoms with Gasteiger partial charge in [0.05, 0.1) is 35.2 Å². The van der Waals surface area contributed by atoms with Gasteiger partial charge in [-0.05, 0) is 50.6 Å². The molecule has 30 heavy (non-hydrogen) atoms. The van der Waals surface area contributed by atoms with E-state index in [1.165, 1.54) is 12.5 Å². The van der Waals surface area contributed by atoms with E-state index in [0.717, 1.165) is 22.6 Å². The molecule has 2 aromatic carbocycles. The molecule has 0 unspecified atom stereocenters. The summed E-state index contributed by atoms with van der Waals surface area (Å²) in [6, 6.07) is 14.7.